The Balaban J connectivity index is 2.10. The van der Waals surface area contributed by atoms with Crippen LogP contribution in [0, 0.1) is 6.92 Å². The zero-order valence-corrected chi connectivity index (χ0v) is 16.8. The highest BCUT2D eigenvalue weighted by molar-refractivity contribution is 6.04. The molecule has 0 unspecified atom stereocenters. The van der Waals surface area contributed by atoms with Crippen LogP contribution in [0.3, 0.4) is 0 Å². The number of nitrogens with zero attached hydrogens (tertiary/aromatic N) is 2. The summed E-state index contributed by atoms with van der Waals surface area (Å²) in [6.07, 6.45) is 4.72. The minimum absolute atomic E-state index is 0.0124. The molecule has 0 radical (unpaired) electrons. The molecular formula is C21H28N2O5. The number of anilines is 2. The van der Waals surface area contributed by atoms with Crippen LogP contribution in [0.25, 0.3) is 0 Å². The average molecular weight is 388 g/mol. The number of carbonyl (C=O) groups is 2. The Morgan fingerprint density at radius 3 is 2.29 bits per heavy atom. The summed E-state index contributed by atoms with van der Waals surface area (Å²) in [6.45, 7) is 4.11. The lowest BCUT2D eigenvalue weighted by Gasteiger charge is -2.35. The number of benzene rings is 1. The fourth-order valence-corrected chi connectivity index (χ4v) is 3.76. The van der Waals surface area contributed by atoms with Gasteiger partial charge in [0.15, 0.2) is 0 Å². The van der Waals surface area contributed by atoms with E-state index in [1.807, 2.05) is 13.0 Å². The van der Waals surface area contributed by atoms with Gasteiger partial charge in [0.25, 0.3) is 0 Å². The third kappa shape index (κ3) is 4.14. The third-order valence-electron chi connectivity index (χ3n) is 5.20. The number of hydrogen-bond acceptors (Lipinski definition) is 7. The van der Waals surface area contributed by atoms with Crippen molar-refractivity contribution in [3.63, 3.8) is 0 Å². The van der Waals surface area contributed by atoms with E-state index < -0.39 is 11.9 Å². The molecule has 0 saturated carbocycles. The lowest BCUT2D eigenvalue weighted by Crippen LogP contribution is -2.40. The van der Waals surface area contributed by atoms with E-state index in [-0.39, 0.29) is 24.6 Å². The van der Waals surface area contributed by atoms with E-state index in [2.05, 4.69) is 17.0 Å². The largest absolute Gasteiger partial charge is 0.466 e. The molecule has 1 aromatic carbocycles. The van der Waals surface area contributed by atoms with Gasteiger partial charge in [0.1, 0.15) is 12.4 Å². The van der Waals surface area contributed by atoms with Crippen molar-refractivity contribution in [2.24, 2.45) is 0 Å². The fraction of sp³-hybridized carbons (Fsp3) is 0.524. The first-order chi connectivity index (χ1) is 13.6. The van der Waals surface area contributed by atoms with Crippen LogP contribution >= 0.6 is 0 Å². The summed E-state index contributed by atoms with van der Waals surface area (Å²) in [4.78, 5) is 29.0. The monoisotopic (exact) mass is 388 g/mol. The van der Waals surface area contributed by atoms with Crippen LogP contribution < -0.4 is 9.80 Å². The quantitative estimate of drug-likeness (QED) is 0.735. The van der Waals surface area contributed by atoms with E-state index in [0.717, 1.165) is 42.9 Å². The van der Waals surface area contributed by atoms with Crippen molar-refractivity contribution >= 4 is 23.3 Å². The summed E-state index contributed by atoms with van der Waals surface area (Å²) >= 11 is 0. The zero-order valence-electron chi connectivity index (χ0n) is 16.8. The van der Waals surface area contributed by atoms with Gasteiger partial charge in [-0.05, 0) is 37.5 Å². The molecule has 1 fully saturated rings. The number of methoxy groups -OCH3 is 2. The molecule has 7 nitrogen and oxygen atoms in total. The average Bonchev–Trinajstić information content (AvgIpc) is 3.01. The second-order valence-corrected chi connectivity index (χ2v) is 7.11. The van der Waals surface area contributed by atoms with Gasteiger partial charge in [-0.15, -0.1) is 0 Å². The summed E-state index contributed by atoms with van der Waals surface area (Å²) in [6, 6.07) is 6.17. The first-order valence-electron chi connectivity index (χ1n) is 9.67. The first kappa shape index (κ1) is 20.2. The van der Waals surface area contributed by atoms with Crippen molar-refractivity contribution in [1.29, 1.82) is 0 Å². The van der Waals surface area contributed by atoms with Gasteiger partial charge in [0, 0.05) is 13.1 Å². The van der Waals surface area contributed by atoms with Crippen molar-refractivity contribution in [1.82, 2.24) is 0 Å². The van der Waals surface area contributed by atoms with E-state index >= 15 is 0 Å². The Morgan fingerprint density at radius 1 is 0.964 bits per heavy atom. The van der Waals surface area contributed by atoms with Crippen molar-refractivity contribution in [3.8, 4) is 0 Å². The minimum Gasteiger partial charge on any atom is -0.466 e. The molecule has 152 valence electrons. The molecule has 0 N–H and O–H groups in total. The van der Waals surface area contributed by atoms with Crippen LogP contribution in [-0.2, 0) is 23.8 Å². The highest BCUT2D eigenvalue weighted by Gasteiger charge is 2.34. The summed E-state index contributed by atoms with van der Waals surface area (Å²) in [5.41, 5.74) is 3.28. The molecule has 7 heteroatoms. The molecule has 28 heavy (non-hydrogen) atoms. The summed E-state index contributed by atoms with van der Waals surface area (Å²) in [5.74, 6) is -1.17. The minimum atomic E-state index is -0.589. The SMILES string of the molecule is COC(=O)C1=C(C(=O)OC)N(c2cc(C)ccc2N2CCCCCC2)COC1. The molecule has 0 aromatic heterocycles. The number of carbonyl (C=O) groups excluding carboxylic acids is 2. The lowest BCUT2D eigenvalue weighted by atomic mass is 10.1. The van der Waals surface area contributed by atoms with E-state index in [9.17, 15) is 9.59 Å². The van der Waals surface area contributed by atoms with Crippen molar-refractivity contribution in [2.45, 2.75) is 32.6 Å². The van der Waals surface area contributed by atoms with Gasteiger partial charge in [0.2, 0.25) is 0 Å². The van der Waals surface area contributed by atoms with Gasteiger partial charge in [-0.3, -0.25) is 0 Å². The number of rotatable bonds is 4. The molecule has 1 aromatic rings. The fourth-order valence-electron chi connectivity index (χ4n) is 3.76. The molecule has 2 aliphatic heterocycles. The Labute approximate surface area is 165 Å². The normalized spacial score (nSPS) is 18.0. The maximum atomic E-state index is 12.6. The van der Waals surface area contributed by atoms with Crippen molar-refractivity contribution in [3.05, 3.63) is 35.0 Å². The van der Waals surface area contributed by atoms with Gasteiger partial charge in [-0.25, -0.2) is 9.59 Å². The predicted octanol–water partition coefficient (Wildman–Crippen LogP) is 2.77. The number of ether oxygens (including phenoxy) is 3. The Hall–Kier alpha value is -2.54. The second kappa shape index (κ2) is 9.10. The first-order valence-corrected chi connectivity index (χ1v) is 9.67. The Bertz CT molecular complexity index is 766. The molecule has 2 aliphatic rings. The van der Waals surface area contributed by atoms with Gasteiger partial charge in [-0.1, -0.05) is 18.9 Å². The molecule has 0 bridgehead atoms. The Morgan fingerprint density at radius 2 is 1.64 bits per heavy atom. The van der Waals surface area contributed by atoms with E-state index in [1.165, 1.54) is 27.1 Å². The van der Waals surface area contributed by atoms with Gasteiger partial charge >= 0.3 is 11.9 Å². The molecule has 3 rings (SSSR count). The maximum Gasteiger partial charge on any atom is 0.355 e. The molecular weight excluding hydrogens is 360 g/mol. The van der Waals surface area contributed by atoms with Crippen molar-refractivity contribution in [2.75, 3.05) is 50.4 Å². The number of aryl methyl sites for hydroxylation is 1. The van der Waals surface area contributed by atoms with Crippen molar-refractivity contribution < 1.29 is 23.8 Å². The number of hydrogen-bond donors (Lipinski definition) is 0. The van der Waals surface area contributed by atoms with Crippen LogP contribution in [0.15, 0.2) is 29.5 Å². The Kier molecular flexibility index (Phi) is 6.57. The van der Waals surface area contributed by atoms with Gasteiger partial charge < -0.3 is 24.0 Å². The highest BCUT2D eigenvalue weighted by atomic mass is 16.5. The summed E-state index contributed by atoms with van der Waals surface area (Å²) in [7, 11) is 2.60. The zero-order chi connectivity index (χ0) is 20.1. The molecule has 1 saturated heterocycles. The molecule has 0 spiro atoms. The second-order valence-electron chi connectivity index (χ2n) is 7.11. The van der Waals surface area contributed by atoms with E-state index in [4.69, 9.17) is 14.2 Å². The summed E-state index contributed by atoms with van der Waals surface area (Å²) in [5, 5.41) is 0. The predicted molar refractivity (Wildman–Crippen MR) is 106 cm³/mol. The highest BCUT2D eigenvalue weighted by Crippen LogP contribution is 2.36. The number of esters is 2. The summed E-state index contributed by atoms with van der Waals surface area (Å²) < 4.78 is 15.5. The smallest absolute Gasteiger partial charge is 0.355 e. The van der Waals surface area contributed by atoms with Crippen LogP contribution in [0.5, 0.6) is 0 Å². The van der Waals surface area contributed by atoms with Gasteiger partial charge in [-0.2, -0.15) is 0 Å². The standard InChI is InChI=1S/C21H28N2O5/c1-15-8-9-17(22-10-6-4-5-7-11-22)18(12-15)23-14-28-13-16(20(24)26-2)19(23)21(25)27-3/h8-9,12H,4-7,10-11,13-14H2,1-3H3. The molecule has 2 heterocycles. The van der Waals surface area contributed by atoms with Crippen LogP contribution in [-0.4, -0.2) is 52.6 Å². The third-order valence-corrected chi connectivity index (χ3v) is 5.20. The van der Waals surface area contributed by atoms with E-state index in [0.29, 0.717) is 0 Å². The molecule has 0 aliphatic carbocycles. The maximum absolute atomic E-state index is 12.6. The van der Waals surface area contributed by atoms with Crippen LogP contribution in [0.4, 0.5) is 11.4 Å². The topological polar surface area (TPSA) is 68.3 Å². The van der Waals surface area contributed by atoms with Gasteiger partial charge in [0.05, 0.1) is 37.8 Å². The molecule has 0 amide bonds. The van der Waals surface area contributed by atoms with Crippen LogP contribution in [0.2, 0.25) is 0 Å². The van der Waals surface area contributed by atoms with E-state index in [1.54, 1.807) is 4.90 Å². The lowest BCUT2D eigenvalue weighted by molar-refractivity contribution is -0.140. The molecule has 0 atom stereocenters. The van der Waals surface area contributed by atoms with Crippen LogP contribution in [0.1, 0.15) is 31.2 Å².